The fourth-order valence-corrected chi connectivity index (χ4v) is 3.11. The molecular formula is C15H23N3O3S. The Morgan fingerprint density at radius 2 is 1.55 bits per heavy atom. The molecule has 0 radical (unpaired) electrons. The van der Waals surface area contributed by atoms with Gasteiger partial charge in [0.1, 0.15) is 0 Å². The minimum absolute atomic E-state index is 0.0443. The number of nitrogens with two attached hydrogens (primary N) is 1. The van der Waals surface area contributed by atoms with Crippen LogP contribution in [0.1, 0.15) is 36.7 Å². The Bertz CT molecular complexity index is 640. The van der Waals surface area contributed by atoms with Gasteiger partial charge in [0.25, 0.3) is 16.1 Å². The minimum Gasteiger partial charge on any atom is -0.336 e. The van der Waals surface area contributed by atoms with E-state index in [1.54, 1.807) is 4.90 Å². The average molecular weight is 325 g/mol. The van der Waals surface area contributed by atoms with Gasteiger partial charge in [-0.3, -0.25) is 4.79 Å². The third kappa shape index (κ3) is 3.85. The molecule has 6 nitrogen and oxygen atoms in total. The first kappa shape index (κ1) is 16.9. The van der Waals surface area contributed by atoms with Crippen molar-refractivity contribution in [2.75, 3.05) is 26.2 Å². The van der Waals surface area contributed by atoms with Gasteiger partial charge in [0.2, 0.25) is 0 Å². The van der Waals surface area contributed by atoms with Crippen LogP contribution >= 0.6 is 0 Å². The quantitative estimate of drug-likeness (QED) is 0.878. The predicted molar refractivity (Wildman–Crippen MR) is 85.7 cm³/mol. The normalized spacial score (nSPS) is 17.5. The Labute approximate surface area is 132 Å². The van der Waals surface area contributed by atoms with E-state index in [1.807, 2.05) is 24.3 Å². The Kier molecular flexibility index (Phi) is 4.60. The van der Waals surface area contributed by atoms with Crippen molar-refractivity contribution in [3.8, 4) is 0 Å². The molecule has 1 saturated heterocycles. The molecule has 0 spiro atoms. The highest BCUT2D eigenvalue weighted by atomic mass is 32.2. The van der Waals surface area contributed by atoms with E-state index in [1.165, 1.54) is 9.87 Å². The highest BCUT2D eigenvalue weighted by Crippen LogP contribution is 2.22. The van der Waals surface area contributed by atoms with Gasteiger partial charge in [-0.05, 0) is 23.1 Å². The second-order valence-electron chi connectivity index (χ2n) is 6.56. The molecule has 122 valence electrons. The lowest BCUT2D eigenvalue weighted by Gasteiger charge is -2.33. The van der Waals surface area contributed by atoms with Crippen LogP contribution in [0.25, 0.3) is 0 Å². The van der Waals surface area contributed by atoms with Crippen molar-refractivity contribution in [2.24, 2.45) is 5.14 Å². The second kappa shape index (κ2) is 5.98. The van der Waals surface area contributed by atoms with Crippen LogP contribution in [-0.4, -0.2) is 49.7 Å². The molecule has 0 aliphatic carbocycles. The maximum atomic E-state index is 12.4. The van der Waals surface area contributed by atoms with Crippen molar-refractivity contribution in [3.05, 3.63) is 35.4 Å². The van der Waals surface area contributed by atoms with Crippen LogP contribution in [0, 0.1) is 0 Å². The van der Waals surface area contributed by atoms with E-state index in [0.717, 1.165) is 0 Å². The molecule has 22 heavy (non-hydrogen) atoms. The molecule has 0 unspecified atom stereocenters. The lowest BCUT2D eigenvalue weighted by molar-refractivity contribution is 0.0698. The van der Waals surface area contributed by atoms with E-state index < -0.39 is 10.2 Å². The monoisotopic (exact) mass is 325 g/mol. The van der Waals surface area contributed by atoms with Crippen LogP contribution in [0.5, 0.6) is 0 Å². The summed E-state index contributed by atoms with van der Waals surface area (Å²) in [4.78, 5) is 14.1. The maximum Gasteiger partial charge on any atom is 0.277 e. The Morgan fingerprint density at radius 3 is 1.95 bits per heavy atom. The van der Waals surface area contributed by atoms with Gasteiger partial charge in [-0.2, -0.15) is 12.7 Å². The second-order valence-corrected chi connectivity index (χ2v) is 8.11. The highest BCUT2D eigenvalue weighted by molar-refractivity contribution is 7.86. The average Bonchev–Trinajstić information content (AvgIpc) is 2.45. The molecule has 2 N–H and O–H groups in total. The van der Waals surface area contributed by atoms with Gasteiger partial charge in [-0.15, -0.1) is 0 Å². The number of piperazine rings is 1. The molecule has 1 aliphatic heterocycles. The highest BCUT2D eigenvalue weighted by Gasteiger charge is 2.27. The van der Waals surface area contributed by atoms with Crippen molar-refractivity contribution in [2.45, 2.75) is 26.2 Å². The molecule has 0 atom stereocenters. The number of carbonyl (C=O) groups excluding carboxylic acids is 1. The van der Waals surface area contributed by atoms with Crippen molar-refractivity contribution in [3.63, 3.8) is 0 Å². The van der Waals surface area contributed by atoms with Crippen LogP contribution in [0.4, 0.5) is 0 Å². The van der Waals surface area contributed by atoms with Crippen molar-refractivity contribution >= 4 is 16.1 Å². The Morgan fingerprint density at radius 1 is 1.05 bits per heavy atom. The predicted octanol–water partition coefficient (Wildman–Crippen LogP) is 0.945. The van der Waals surface area contributed by atoms with Gasteiger partial charge in [-0.25, -0.2) is 5.14 Å². The summed E-state index contributed by atoms with van der Waals surface area (Å²) in [6.45, 7) is 7.56. The molecule has 7 heteroatoms. The number of hydrogen-bond acceptors (Lipinski definition) is 3. The van der Waals surface area contributed by atoms with Crippen molar-refractivity contribution < 1.29 is 13.2 Å². The van der Waals surface area contributed by atoms with Gasteiger partial charge < -0.3 is 4.90 Å². The summed E-state index contributed by atoms with van der Waals surface area (Å²) in [5.74, 6) is -0.0745. The fourth-order valence-electron chi connectivity index (χ4n) is 2.44. The van der Waals surface area contributed by atoms with Crippen LogP contribution in [0.2, 0.25) is 0 Å². The van der Waals surface area contributed by atoms with Gasteiger partial charge in [-0.1, -0.05) is 32.9 Å². The van der Waals surface area contributed by atoms with Crippen molar-refractivity contribution in [1.82, 2.24) is 9.21 Å². The molecular weight excluding hydrogens is 302 g/mol. The lowest BCUT2D eigenvalue weighted by atomic mass is 9.86. The number of rotatable bonds is 2. The van der Waals surface area contributed by atoms with Crippen LogP contribution in [0.3, 0.4) is 0 Å². The van der Waals surface area contributed by atoms with Gasteiger partial charge >= 0.3 is 0 Å². The van der Waals surface area contributed by atoms with E-state index in [9.17, 15) is 13.2 Å². The van der Waals surface area contributed by atoms with Gasteiger partial charge in [0.05, 0.1) is 0 Å². The van der Waals surface area contributed by atoms with Crippen LogP contribution in [0.15, 0.2) is 24.3 Å². The number of carbonyl (C=O) groups is 1. The van der Waals surface area contributed by atoms with E-state index in [-0.39, 0.29) is 24.4 Å². The van der Waals surface area contributed by atoms with Gasteiger partial charge in [0.15, 0.2) is 0 Å². The lowest BCUT2D eigenvalue weighted by Crippen LogP contribution is -2.52. The number of hydrogen-bond donors (Lipinski definition) is 1. The third-order valence-corrected chi connectivity index (χ3v) is 4.97. The third-order valence-electron chi connectivity index (χ3n) is 3.88. The Hall–Kier alpha value is -1.44. The molecule has 1 aromatic carbocycles. The molecule has 1 aromatic rings. The van der Waals surface area contributed by atoms with Crippen LogP contribution < -0.4 is 5.14 Å². The summed E-state index contributed by atoms with van der Waals surface area (Å²) in [6, 6.07) is 7.59. The molecule has 0 bridgehead atoms. The fraction of sp³-hybridized carbons (Fsp3) is 0.533. The summed E-state index contributed by atoms with van der Waals surface area (Å²) in [7, 11) is -3.67. The summed E-state index contributed by atoms with van der Waals surface area (Å²) >= 11 is 0. The zero-order chi connectivity index (χ0) is 16.5. The summed E-state index contributed by atoms with van der Waals surface area (Å²) in [6.07, 6.45) is 0. The van der Waals surface area contributed by atoms with E-state index in [2.05, 4.69) is 20.8 Å². The van der Waals surface area contributed by atoms with E-state index in [4.69, 9.17) is 5.14 Å². The standard InChI is InChI=1S/C15H23N3O3S/c1-15(2,3)13-6-4-12(5-7-13)14(19)17-8-10-18(11-9-17)22(16,20)21/h4-7H,8-11H2,1-3H3,(H2,16,20,21). The SMILES string of the molecule is CC(C)(C)c1ccc(C(=O)N2CCN(S(N)(=O)=O)CC2)cc1. The first-order valence-electron chi connectivity index (χ1n) is 7.27. The smallest absolute Gasteiger partial charge is 0.277 e. The zero-order valence-electron chi connectivity index (χ0n) is 13.2. The first-order chi connectivity index (χ1) is 10.1. The molecule has 1 aliphatic rings. The molecule has 1 amide bonds. The first-order valence-corrected chi connectivity index (χ1v) is 8.77. The minimum atomic E-state index is -3.67. The summed E-state index contributed by atoms with van der Waals surface area (Å²) < 4.78 is 23.7. The van der Waals surface area contributed by atoms with E-state index in [0.29, 0.717) is 18.7 Å². The van der Waals surface area contributed by atoms with Gasteiger partial charge in [0, 0.05) is 31.7 Å². The largest absolute Gasteiger partial charge is 0.336 e. The summed E-state index contributed by atoms with van der Waals surface area (Å²) in [5.41, 5.74) is 1.84. The topological polar surface area (TPSA) is 83.7 Å². The molecule has 0 aromatic heterocycles. The Balaban J connectivity index is 2.04. The molecule has 1 heterocycles. The molecule has 1 fully saturated rings. The number of nitrogens with zero attached hydrogens (tertiary/aromatic N) is 2. The van der Waals surface area contributed by atoms with Crippen molar-refractivity contribution in [1.29, 1.82) is 0 Å². The number of benzene rings is 1. The molecule has 2 rings (SSSR count). The van der Waals surface area contributed by atoms with E-state index >= 15 is 0 Å². The zero-order valence-corrected chi connectivity index (χ0v) is 14.1. The summed E-state index contributed by atoms with van der Waals surface area (Å²) in [5, 5.41) is 5.09. The number of amides is 1. The molecule has 0 saturated carbocycles. The van der Waals surface area contributed by atoms with Crippen LogP contribution in [-0.2, 0) is 15.6 Å². The maximum absolute atomic E-state index is 12.4.